The minimum atomic E-state index is 0. The van der Waals surface area contributed by atoms with Gasteiger partial charge in [-0.15, -0.1) is 162 Å². The first-order valence-electron chi connectivity index (χ1n) is 31.4. The third kappa shape index (κ3) is 20.7. The van der Waals surface area contributed by atoms with E-state index in [2.05, 4.69) is 149 Å². The molecule has 0 spiro atoms. The standard InChI is InChI=1S/C20H17NO.C20H16NO.4C11H8N.2CH4O.2Ir/c2*1-13(2)14-10-11-21-18(12-14)17-8-5-7-16-15-6-3-4-9-19(15)22-20(16)17;4*1-2-6-10(7-3-1)11-8-4-5-9-12-11;2*1-2;;/h3-13H,1-2H3;3-7,9-13H,1-2H3;4*1-6,8-9H;2*2H,1H3;;/q;5*-1;;;;+3. The van der Waals surface area contributed by atoms with E-state index in [4.69, 9.17) is 19.0 Å². The number of hydrogen-bond donors (Lipinski definition) is 2. The molecule has 0 aliphatic rings. The van der Waals surface area contributed by atoms with Crippen LogP contribution in [0.4, 0.5) is 0 Å². The van der Waals surface area contributed by atoms with E-state index in [9.17, 15) is 0 Å². The van der Waals surface area contributed by atoms with Gasteiger partial charge in [-0.1, -0.05) is 147 Å². The van der Waals surface area contributed by atoms with Crippen LogP contribution in [0.3, 0.4) is 0 Å². The van der Waals surface area contributed by atoms with Crippen molar-refractivity contribution in [3.8, 4) is 67.5 Å². The molecule has 0 aliphatic carbocycles. The van der Waals surface area contributed by atoms with Gasteiger partial charge in [-0.05, 0) is 107 Å². The van der Waals surface area contributed by atoms with Crippen LogP contribution in [-0.4, -0.2) is 54.3 Å². The Morgan fingerprint density at radius 2 is 0.633 bits per heavy atom. The van der Waals surface area contributed by atoms with Crippen molar-refractivity contribution in [2.45, 2.75) is 39.5 Å². The Balaban J connectivity index is 0.000000167. The van der Waals surface area contributed by atoms with Crippen LogP contribution in [0.1, 0.15) is 50.7 Å². The molecule has 0 atom stereocenters. The fourth-order valence-corrected chi connectivity index (χ4v) is 10.0. The van der Waals surface area contributed by atoms with Crippen molar-refractivity contribution >= 4 is 43.9 Å². The topological polar surface area (TPSA) is 144 Å². The molecule has 12 heteroatoms. The molecule has 1 radical (unpaired) electrons. The van der Waals surface area contributed by atoms with Crippen LogP contribution in [0.25, 0.3) is 111 Å². The molecule has 0 saturated carbocycles. The SMILES string of the molecule is CC(C)c1ccnc(-c2[c-]ccc3c2oc2ccccc23)c1.CC(C)c1ccnc(-c2cccc3c2oc2ccccc23)c1.CO.CO.[Ir+3].[Ir].[c-]1ccccc1-c1ccccn1.[c-]1ccccc1-c1ccccn1.[c-]1ccccc1-c1ccccn1.[c-]1ccccc1-c1ccccn1. The molecule has 8 aromatic carbocycles. The monoisotopic (exact) mass is 1640 g/mol. The zero-order valence-corrected chi connectivity index (χ0v) is 60.0. The van der Waals surface area contributed by atoms with Crippen LogP contribution in [0.5, 0.6) is 0 Å². The van der Waals surface area contributed by atoms with Gasteiger partial charge in [0, 0.05) is 93.2 Å². The molecular formula is C86H73Ir2N6O4-2. The van der Waals surface area contributed by atoms with Crippen LogP contribution in [0, 0.1) is 30.3 Å². The number of para-hydroxylation sites is 3. The van der Waals surface area contributed by atoms with Crippen LogP contribution in [-0.2, 0) is 40.2 Å². The fraction of sp³-hybridized carbons (Fsp3) is 0.0930. The van der Waals surface area contributed by atoms with Gasteiger partial charge in [-0.3, -0.25) is 4.98 Å². The first-order valence-corrected chi connectivity index (χ1v) is 31.4. The summed E-state index contributed by atoms with van der Waals surface area (Å²) in [5, 5.41) is 18.5. The first-order chi connectivity index (χ1) is 47.3. The molecule has 16 rings (SSSR count). The van der Waals surface area contributed by atoms with E-state index in [0.29, 0.717) is 11.8 Å². The summed E-state index contributed by atoms with van der Waals surface area (Å²) in [5.41, 5.74) is 18.1. The van der Waals surface area contributed by atoms with Crippen molar-refractivity contribution in [1.29, 1.82) is 0 Å². The summed E-state index contributed by atoms with van der Waals surface area (Å²) in [4.78, 5) is 25.9. The Morgan fingerprint density at radius 3 is 1.01 bits per heavy atom. The number of furan rings is 2. The molecular weight excluding hydrogens is 1570 g/mol. The smallest absolute Gasteiger partial charge is 0.501 e. The van der Waals surface area contributed by atoms with E-state index < -0.39 is 0 Å². The molecule has 0 fully saturated rings. The van der Waals surface area contributed by atoms with Crippen molar-refractivity contribution < 1.29 is 59.3 Å². The van der Waals surface area contributed by atoms with E-state index in [-0.39, 0.29) is 40.2 Å². The number of benzene rings is 8. The molecule has 2 N–H and O–H groups in total. The summed E-state index contributed by atoms with van der Waals surface area (Å²) in [5.74, 6) is 0.952. The summed E-state index contributed by atoms with van der Waals surface area (Å²) >= 11 is 0. The van der Waals surface area contributed by atoms with Crippen molar-refractivity contribution in [2.75, 3.05) is 14.2 Å². The number of rotatable bonds is 8. The zero-order valence-electron chi connectivity index (χ0n) is 55.2. The maximum absolute atomic E-state index is 7.00. The predicted octanol–water partition coefficient (Wildman–Crippen LogP) is 20.8. The normalized spacial score (nSPS) is 10.1. The number of aliphatic hydroxyl groups excluding tert-OH is 2. The van der Waals surface area contributed by atoms with Crippen LogP contribution >= 0.6 is 0 Å². The molecule has 98 heavy (non-hydrogen) atoms. The third-order valence-corrected chi connectivity index (χ3v) is 14.8. The second-order valence-corrected chi connectivity index (χ2v) is 21.7. The molecule has 10 nitrogen and oxygen atoms in total. The molecule has 0 amide bonds. The second-order valence-electron chi connectivity index (χ2n) is 21.7. The van der Waals surface area contributed by atoms with Crippen LogP contribution in [0.2, 0.25) is 0 Å². The number of nitrogens with zero attached hydrogens (tertiary/aromatic N) is 6. The zero-order chi connectivity index (χ0) is 67.1. The molecule has 491 valence electrons. The van der Waals surface area contributed by atoms with E-state index in [1.54, 1.807) is 24.8 Å². The Kier molecular flexibility index (Phi) is 30.7. The van der Waals surface area contributed by atoms with E-state index >= 15 is 0 Å². The maximum Gasteiger partial charge on any atom is 3.00 e. The Morgan fingerprint density at radius 1 is 0.296 bits per heavy atom. The van der Waals surface area contributed by atoms with Crippen molar-refractivity contribution in [1.82, 2.24) is 29.9 Å². The minimum Gasteiger partial charge on any atom is -0.501 e. The van der Waals surface area contributed by atoms with Gasteiger partial charge in [-0.25, -0.2) is 0 Å². The van der Waals surface area contributed by atoms with Crippen molar-refractivity contribution in [3.63, 3.8) is 0 Å². The molecule has 0 aliphatic heterocycles. The summed E-state index contributed by atoms with van der Waals surface area (Å²) in [6.45, 7) is 8.76. The van der Waals surface area contributed by atoms with Gasteiger partial charge in [0.05, 0.1) is 11.3 Å². The predicted molar refractivity (Wildman–Crippen MR) is 391 cm³/mol. The Bertz CT molecular complexity index is 4250. The summed E-state index contributed by atoms with van der Waals surface area (Å²) in [6, 6.07) is 106. The van der Waals surface area contributed by atoms with E-state index in [0.717, 1.165) is 126 Å². The molecule has 8 aromatic heterocycles. The van der Waals surface area contributed by atoms with Gasteiger partial charge in [0.1, 0.15) is 16.7 Å². The van der Waals surface area contributed by atoms with E-state index in [1.165, 1.54) is 11.1 Å². The molecule has 0 saturated heterocycles. The van der Waals surface area contributed by atoms with Gasteiger partial charge in [0.25, 0.3) is 0 Å². The van der Waals surface area contributed by atoms with Crippen molar-refractivity contribution in [3.05, 3.63) is 352 Å². The molecule has 0 unspecified atom stereocenters. The van der Waals surface area contributed by atoms with Gasteiger partial charge in [-0.2, -0.15) is 0 Å². The van der Waals surface area contributed by atoms with E-state index in [1.807, 2.05) is 225 Å². The Hall–Kier alpha value is -10.5. The minimum absolute atomic E-state index is 0. The summed E-state index contributed by atoms with van der Waals surface area (Å²) in [7, 11) is 2.00. The van der Waals surface area contributed by atoms with Crippen LogP contribution < -0.4 is 0 Å². The quantitative estimate of drug-likeness (QED) is 0.141. The van der Waals surface area contributed by atoms with Gasteiger partial charge in [0.2, 0.25) is 0 Å². The van der Waals surface area contributed by atoms with Gasteiger partial charge in [0.15, 0.2) is 0 Å². The van der Waals surface area contributed by atoms with Crippen molar-refractivity contribution in [2.24, 2.45) is 0 Å². The number of hydrogen-bond acceptors (Lipinski definition) is 10. The number of aromatic nitrogens is 6. The van der Waals surface area contributed by atoms with Crippen LogP contribution in [0.15, 0.2) is 319 Å². The largest absolute Gasteiger partial charge is 3.00 e. The van der Waals surface area contributed by atoms with Gasteiger partial charge >= 0.3 is 20.1 Å². The summed E-state index contributed by atoms with van der Waals surface area (Å²) in [6.07, 6.45) is 10.9. The summed E-state index contributed by atoms with van der Waals surface area (Å²) < 4.78 is 12.2. The first kappa shape index (κ1) is 74.9. The number of aliphatic hydroxyl groups is 2. The van der Waals surface area contributed by atoms with Gasteiger partial charge < -0.3 is 44.0 Å². The third-order valence-electron chi connectivity index (χ3n) is 14.8. The molecule has 8 heterocycles. The number of pyridine rings is 6. The average Bonchev–Trinajstić information content (AvgIpc) is 1.62. The fourth-order valence-electron chi connectivity index (χ4n) is 10.0. The molecule has 0 bridgehead atoms. The molecule has 16 aromatic rings. The maximum atomic E-state index is 7.00. The Labute approximate surface area is 601 Å². The average molecular weight is 1640 g/mol. The second kappa shape index (κ2) is 40.1. The number of fused-ring (bicyclic) bond motifs is 6.